The molecule has 0 bridgehead atoms. The van der Waals surface area contributed by atoms with E-state index in [4.69, 9.17) is 16.2 Å². The molecule has 0 radical (unpaired) electrons. The second kappa shape index (κ2) is 5.97. The predicted octanol–water partition coefficient (Wildman–Crippen LogP) is 3.87. The van der Waals surface area contributed by atoms with Gasteiger partial charge >= 0.3 is 6.09 Å². The molecule has 0 saturated carbocycles. The summed E-state index contributed by atoms with van der Waals surface area (Å²) >= 11 is 0. The Labute approximate surface area is 130 Å². The van der Waals surface area contributed by atoms with E-state index in [0.29, 0.717) is 17.1 Å². The van der Waals surface area contributed by atoms with Gasteiger partial charge < -0.3 is 16.2 Å². The van der Waals surface area contributed by atoms with Gasteiger partial charge in [-0.05, 0) is 44.5 Å². The lowest BCUT2D eigenvalue weighted by molar-refractivity contribution is 0.0636. The van der Waals surface area contributed by atoms with E-state index in [1.807, 2.05) is 30.3 Å². The van der Waals surface area contributed by atoms with Crippen molar-refractivity contribution in [3.05, 3.63) is 42.5 Å². The number of anilines is 3. The van der Waals surface area contributed by atoms with Crippen LogP contribution in [0.1, 0.15) is 20.8 Å². The van der Waals surface area contributed by atoms with Crippen LogP contribution in [0.3, 0.4) is 0 Å². The number of nitrogens with two attached hydrogens (primary N) is 2. The Balaban J connectivity index is 2.20. The lowest BCUT2D eigenvalue weighted by Gasteiger charge is -2.20. The van der Waals surface area contributed by atoms with Crippen molar-refractivity contribution in [2.24, 2.45) is 0 Å². The van der Waals surface area contributed by atoms with Gasteiger partial charge in [-0.15, -0.1) is 0 Å². The minimum absolute atomic E-state index is 0.451. The van der Waals surface area contributed by atoms with Crippen LogP contribution < -0.4 is 16.8 Å². The van der Waals surface area contributed by atoms with E-state index in [-0.39, 0.29) is 0 Å². The van der Waals surface area contributed by atoms with Gasteiger partial charge in [0.05, 0.1) is 11.4 Å². The molecule has 1 amide bonds. The van der Waals surface area contributed by atoms with Crippen LogP contribution >= 0.6 is 0 Å². The van der Waals surface area contributed by atoms with Gasteiger partial charge in [0, 0.05) is 11.3 Å². The smallest absolute Gasteiger partial charge is 0.412 e. The zero-order chi connectivity index (χ0) is 16.3. The van der Waals surface area contributed by atoms with Crippen molar-refractivity contribution < 1.29 is 9.53 Å². The summed E-state index contributed by atoms with van der Waals surface area (Å²) in [5.41, 5.74) is 14.8. The Morgan fingerprint density at radius 3 is 2.32 bits per heavy atom. The first-order valence-corrected chi connectivity index (χ1v) is 7.01. The number of para-hydroxylation sites is 1. The maximum absolute atomic E-state index is 11.8. The molecule has 0 heterocycles. The van der Waals surface area contributed by atoms with Crippen LogP contribution in [-0.4, -0.2) is 11.7 Å². The number of rotatable bonds is 2. The topological polar surface area (TPSA) is 90.4 Å². The largest absolute Gasteiger partial charge is 0.444 e. The van der Waals surface area contributed by atoms with Crippen molar-refractivity contribution in [2.75, 3.05) is 16.8 Å². The lowest BCUT2D eigenvalue weighted by atomic mass is 10.0. The average molecular weight is 299 g/mol. The quantitative estimate of drug-likeness (QED) is 0.734. The molecule has 0 saturated heterocycles. The fraction of sp³-hybridized carbons (Fsp3) is 0.235. The van der Waals surface area contributed by atoms with Gasteiger partial charge in [-0.3, -0.25) is 5.32 Å². The molecule has 5 nitrogen and oxygen atoms in total. The summed E-state index contributed by atoms with van der Waals surface area (Å²) in [5.74, 6) is 0. The van der Waals surface area contributed by atoms with Crippen LogP contribution in [0.15, 0.2) is 42.5 Å². The van der Waals surface area contributed by atoms with Gasteiger partial charge in [-0.25, -0.2) is 4.79 Å². The highest BCUT2D eigenvalue weighted by Crippen LogP contribution is 2.30. The van der Waals surface area contributed by atoms with Crippen LogP contribution in [0.4, 0.5) is 21.9 Å². The number of carbonyl (C=O) groups excluding carboxylic acids is 1. The number of ether oxygens (including phenoxy) is 1. The zero-order valence-corrected chi connectivity index (χ0v) is 13.0. The van der Waals surface area contributed by atoms with Gasteiger partial charge in [0.15, 0.2) is 0 Å². The summed E-state index contributed by atoms with van der Waals surface area (Å²) in [5, 5.41) is 2.64. The summed E-state index contributed by atoms with van der Waals surface area (Å²) in [6.45, 7) is 5.41. The number of benzene rings is 2. The van der Waals surface area contributed by atoms with Crippen molar-refractivity contribution >= 4 is 23.2 Å². The number of hydrogen-bond acceptors (Lipinski definition) is 4. The third kappa shape index (κ3) is 3.91. The molecule has 0 aliphatic rings. The first-order chi connectivity index (χ1) is 10.3. The minimum Gasteiger partial charge on any atom is -0.444 e. The molecule has 2 rings (SSSR count). The summed E-state index contributed by atoms with van der Waals surface area (Å²) in [7, 11) is 0. The molecule has 0 fully saturated rings. The first-order valence-electron chi connectivity index (χ1n) is 7.01. The Morgan fingerprint density at radius 2 is 1.73 bits per heavy atom. The number of hydrogen-bond donors (Lipinski definition) is 3. The summed E-state index contributed by atoms with van der Waals surface area (Å²) in [4.78, 5) is 11.8. The normalized spacial score (nSPS) is 11.0. The minimum atomic E-state index is -0.558. The maximum Gasteiger partial charge on any atom is 0.412 e. The Bertz CT molecular complexity index is 691. The van der Waals surface area contributed by atoms with Gasteiger partial charge in [0.25, 0.3) is 0 Å². The number of nitrogen functional groups attached to an aromatic ring is 2. The molecule has 0 aliphatic carbocycles. The van der Waals surface area contributed by atoms with Gasteiger partial charge in [-0.1, -0.05) is 24.3 Å². The van der Waals surface area contributed by atoms with Crippen molar-refractivity contribution in [1.82, 2.24) is 0 Å². The molecule has 0 aliphatic heterocycles. The molecule has 5 heteroatoms. The van der Waals surface area contributed by atoms with Gasteiger partial charge in [0.2, 0.25) is 0 Å². The number of nitrogens with one attached hydrogen (secondary N) is 1. The third-order valence-corrected chi connectivity index (χ3v) is 2.96. The second-order valence-electron chi connectivity index (χ2n) is 6.02. The van der Waals surface area contributed by atoms with Crippen molar-refractivity contribution in [3.8, 4) is 11.1 Å². The molecule has 2 aromatic carbocycles. The molecular weight excluding hydrogens is 278 g/mol. The molecule has 0 unspecified atom stereocenters. The predicted molar refractivity (Wildman–Crippen MR) is 90.6 cm³/mol. The summed E-state index contributed by atoms with van der Waals surface area (Å²) in [6, 6.07) is 12.9. The monoisotopic (exact) mass is 299 g/mol. The van der Waals surface area contributed by atoms with Crippen molar-refractivity contribution in [3.63, 3.8) is 0 Å². The molecule has 5 N–H and O–H groups in total. The Kier molecular flexibility index (Phi) is 4.26. The lowest BCUT2D eigenvalue weighted by Crippen LogP contribution is -2.27. The highest BCUT2D eigenvalue weighted by molar-refractivity contribution is 5.91. The van der Waals surface area contributed by atoms with E-state index in [1.54, 1.807) is 32.9 Å². The third-order valence-electron chi connectivity index (χ3n) is 2.96. The van der Waals surface area contributed by atoms with Gasteiger partial charge in [-0.2, -0.15) is 0 Å². The van der Waals surface area contributed by atoms with Crippen LogP contribution in [0.25, 0.3) is 11.1 Å². The summed E-state index contributed by atoms with van der Waals surface area (Å²) in [6.07, 6.45) is -0.536. The molecule has 0 atom stereocenters. The molecule has 22 heavy (non-hydrogen) atoms. The van der Waals surface area contributed by atoms with Crippen LogP contribution in [0.2, 0.25) is 0 Å². The van der Waals surface area contributed by atoms with Crippen LogP contribution in [-0.2, 0) is 4.74 Å². The van der Waals surface area contributed by atoms with E-state index in [1.165, 1.54) is 0 Å². The van der Waals surface area contributed by atoms with Crippen LogP contribution in [0.5, 0.6) is 0 Å². The molecule has 0 aromatic heterocycles. The van der Waals surface area contributed by atoms with Crippen molar-refractivity contribution in [2.45, 2.75) is 26.4 Å². The molecule has 2 aromatic rings. The average Bonchev–Trinajstić information content (AvgIpc) is 2.39. The van der Waals surface area contributed by atoms with E-state index in [2.05, 4.69) is 5.32 Å². The Morgan fingerprint density at radius 1 is 1.05 bits per heavy atom. The molecule has 116 valence electrons. The van der Waals surface area contributed by atoms with Gasteiger partial charge in [0.1, 0.15) is 5.60 Å². The van der Waals surface area contributed by atoms with E-state index >= 15 is 0 Å². The second-order valence-corrected chi connectivity index (χ2v) is 6.02. The number of amides is 1. The zero-order valence-electron chi connectivity index (χ0n) is 13.0. The highest BCUT2D eigenvalue weighted by atomic mass is 16.6. The highest BCUT2D eigenvalue weighted by Gasteiger charge is 2.17. The van der Waals surface area contributed by atoms with Crippen molar-refractivity contribution in [1.29, 1.82) is 0 Å². The Hall–Kier alpha value is -2.69. The fourth-order valence-electron chi connectivity index (χ4n) is 2.02. The standard InChI is InChI=1S/C17H21N3O2/c1-17(2,3)22-16(21)20-15-9-8-11(10-14(15)19)12-6-4-5-7-13(12)18/h4-10H,18-19H2,1-3H3,(H,20,21). The van der Waals surface area contributed by atoms with E-state index in [9.17, 15) is 4.79 Å². The fourth-order valence-corrected chi connectivity index (χ4v) is 2.02. The first kappa shape index (κ1) is 15.7. The molecule has 0 spiro atoms. The van der Waals surface area contributed by atoms with E-state index < -0.39 is 11.7 Å². The SMILES string of the molecule is CC(C)(C)OC(=O)Nc1ccc(-c2ccccc2N)cc1N. The number of carbonyl (C=O) groups is 1. The van der Waals surface area contributed by atoms with Crippen LogP contribution in [0, 0.1) is 0 Å². The van der Waals surface area contributed by atoms with E-state index in [0.717, 1.165) is 11.1 Å². The maximum atomic E-state index is 11.8. The summed E-state index contributed by atoms with van der Waals surface area (Å²) < 4.78 is 5.21. The molecular formula is C17H21N3O2.